The number of nitrogens with one attached hydrogen (secondary N) is 1. The quantitative estimate of drug-likeness (QED) is 0.731. The standard InChI is InChI=1S/C14H20N2O2/c15-7-12-6-10-5-11(3-4-14(10)18-12)16-8-13(17)9-1-2-9/h3-5,9,12-13,16-17H,1-2,6-8,15H2. The van der Waals surface area contributed by atoms with Crippen molar-refractivity contribution in [3.8, 4) is 5.75 Å². The van der Waals surface area contributed by atoms with Gasteiger partial charge in [0.05, 0.1) is 6.10 Å². The van der Waals surface area contributed by atoms with Gasteiger partial charge in [0, 0.05) is 25.2 Å². The molecular formula is C14H20N2O2. The first-order valence-electron chi connectivity index (χ1n) is 6.68. The van der Waals surface area contributed by atoms with E-state index in [9.17, 15) is 5.11 Å². The van der Waals surface area contributed by atoms with Crippen LogP contribution in [0.2, 0.25) is 0 Å². The third kappa shape index (κ3) is 2.44. The number of aliphatic hydroxyl groups excluding tert-OH is 1. The number of fused-ring (bicyclic) bond motifs is 1. The van der Waals surface area contributed by atoms with Crippen molar-refractivity contribution in [1.82, 2.24) is 0 Å². The highest BCUT2D eigenvalue weighted by molar-refractivity contribution is 5.52. The normalized spacial score (nSPS) is 23.3. The van der Waals surface area contributed by atoms with Crippen LogP contribution in [0.1, 0.15) is 18.4 Å². The van der Waals surface area contributed by atoms with Crippen molar-refractivity contribution >= 4 is 5.69 Å². The SMILES string of the molecule is NCC1Cc2cc(NCC(O)C3CC3)ccc2O1. The van der Waals surface area contributed by atoms with Crippen LogP contribution in [-0.2, 0) is 6.42 Å². The molecule has 18 heavy (non-hydrogen) atoms. The Bertz CT molecular complexity index is 432. The Balaban J connectivity index is 1.60. The minimum absolute atomic E-state index is 0.118. The van der Waals surface area contributed by atoms with Crippen molar-refractivity contribution in [1.29, 1.82) is 0 Å². The maximum Gasteiger partial charge on any atom is 0.123 e. The predicted molar refractivity (Wildman–Crippen MR) is 70.8 cm³/mol. The molecule has 3 rings (SSSR count). The van der Waals surface area contributed by atoms with E-state index in [1.54, 1.807) is 0 Å². The van der Waals surface area contributed by atoms with Crippen LogP contribution in [-0.4, -0.2) is 30.4 Å². The molecule has 0 spiro atoms. The Kier molecular flexibility index (Phi) is 3.14. The molecule has 4 nitrogen and oxygen atoms in total. The first kappa shape index (κ1) is 11.8. The van der Waals surface area contributed by atoms with Gasteiger partial charge in [-0.2, -0.15) is 0 Å². The lowest BCUT2D eigenvalue weighted by Crippen LogP contribution is -2.24. The van der Waals surface area contributed by atoms with Crippen molar-refractivity contribution in [2.75, 3.05) is 18.4 Å². The maximum atomic E-state index is 9.82. The van der Waals surface area contributed by atoms with E-state index in [0.717, 1.165) is 17.9 Å². The van der Waals surface area contributed by atoms with Crippen molar-refractivity contribution in [3.05, 3.63) is 23.8 Å². The highest BCUT2D eigenvalue weighted by atomic mass is 16.5. The number of benzene rings is 1. The average Bonchev–Trinajstić information content (AvgIpc) is 3.15. The van der Waals surface area contributed by atoms with E-state index >= 15 is 0 Å². The molecule has 1 aliphatic heterocycles. The number of hydrogen-bond donors (Lipinski definition) is 3. The largest absolute Gasteiger partial charge is 0.488 e. The van der Waals surface area contributed by atoms with Gasteiger partial charge in [0.1, 0.15) is 11.9 Å². The second-order valence-electron chi connectivity index (χ2n) is 5.29. The second-order valence-corrected chi connectivity index (χ2v) is 5.29. The molecule has 4 N–H and O–H groups in total. The molecule has 2 unspecified atom stereocenters. The summed E-state index contributed by atoms with van der Waals surface area (Å²) in [5, 5.41) is 13.1. The molecule has 1 saturated carbocycles. The molecule has 1 aromatic rings. The summed E-state index contributed by atoms with van der Waals surface area (Å²) in [5.41, 5.74) is 7.87. The maximum absolute atomic E-state index is 9.82. The summed E-state index contributed by atoms with van der Waals surface area (Å²) in [6.07, 6.45) is 3.11. The Labute approximate surface area is 107 Å². The van der Waals surface area contributed by atoms with Gasteiger partial charge in [-0.15, -0.1) is 0 Å². The summed E-state index contributed by atoms with van der Waals surface area (Å²) in [6, 6.07) is 6.08. The molecule has 0 saturated heterocycles. The lowest BCUT2D eigenvalue weighted by atomic mass is 10.1. The molecule has 4 heteroatoms. The number of rotatable bonds is 5. The molecule has 1 aromatic carbocycles. The first-order chi connectivity index (χ1) is 8.76. The molecule has 1 aliphatic carbocycles. The number of nitrogens with two attached hydrogens (primary N) is 1. The van der Waals surface area contributed by atoms with E-state index < -0.39 is 0 Å². The smallest absolute Gasteiger partial charge is 0.123 e. The highest BCUT2D eigenvalue weighted by Gasteiger charge is 2.29. The molecule has 2 aliphatic rings. The zero-order valence-electron chi connectivity index (χ0n) is 10.4. The second kappa shape index (κ2) is 4.78. The zero-order chi connectivity index (χ0) is 12.5. The van der Waals surface area contributed by atoms with Crippen LogP contribution in [0.15, 0.2) is 18.2 Å². The van der Waals surface area contributed by atoms with Crippen LogP contribution in [0, 0.1) is 5.92 Å². The molecular weight excluding hydrogens is 228 g/mol. The molecule has 2 atom stereocenters. The van der Waals surface area contributed by atoms with E-state index in [0.29, 0.717) is 19.0 Å². The van der Waals surface area contributed by atoms with Gasteiger partial charge in [0.15, 0.2) is 0 Å². The summed E-state index contributed by atoms with van der Waals surface area (Å²) in [7, 11) is 0. The monoisotopic (exact) mass is 248 g/mol. The van der Waals surface area contributed by atoms with Crippen LogP contribution in [0.5, 0.6) is 5.75 Å². The summed E-state index contributed by atoms with van der Waals surface area (Å²) < 4.78 is 5.68. The van der Waals surface area contributed by atoms with E-state index in [2.05, 4.69) is 11.4 Å². The molecule has 0 bridgehead atoms. The summed E-state index contributed by atoms with van der Waals surface area (Å²) in [5.74, 6) is 1.45. The van der Waals surface area contributed by atoms with Gasteiger partial charge in [-0.05, 0) is 42.5 Å². The van der Waals surface area contributed by atoms with Gasteiger partial charge in [0.2, 0.25) is 0 Å². The van der Waals surface area contributed by atoms with E-state index in [4.69, 9.17) is 10.5 Å². The Morgan fingerprint density at radius 1 is 1.44 bits per heavy atom. The fourth-order valence-corrected chi connectivity index (χ4v) is 2.43. The minimum Gasteiger partial charge on any atom is -0.488 e. The lowest BCUT2D eigenvalue weighted by molar-refractivity contribution is 0.164. The average molecular weight is 248 g/mol. The van der Waals surface area contributed by atoms with Crippen molar-refractivity contribution < 1.29 is 9.84 Å². The van der Waals surface area contributed by atoms with Crippen LogP contribution < -0.4 is 15.8 Å². The first-order valence-corrected chi connectivity index (χ1v) is 6.68. The molecule has 0 radical (unpaired) electrons. The summed E-state index contributed by atoms with van der Waals surface area (Å²) >= 11 is 0. The number of anilines is 1. The van der Waals surface area contributed by atoms with Gasteiger partial charge in [-0.25, -0.2) is 0 Å². The van der Waals surface area contributed by atoms with Crippen molar-refractivity contribution in [2.45, 2.75) is 31.5 Å². The summed E-state index contributed by atoms with van der Waals surface area (Å²) in [6.45, 7) is 1.18. The molecule has 0 amide bonds. The van der Waals surface area contributed by atoms with Gasteiger partial charge in [-0.3, -0.25) is 0 Å². The van der Waals surface area contributed by atoms with Crippen LogP contribution in [0.25, 0.3) is 0 Å². The minimum atomic E-state index is -0.216. The Morgan fingerprint density at radius 2 is 2.28 bits per heavy atom. The van der Waals surface area contributed by atoms with E-state index in [-0.39, 0.29) is 12.2 Å². The van der Waals surface area contributed by atoms with E-state index in [1.807, 2.05) is 12.1 Å². The van der Waals surface area contributed by atoms with Crippen molar-refractivity contribution in [3.63, 3.8) is 0 Å². The van der Waals surface area contributed by atoms with Crippen molar-refractivity contribution in [2.24, 2.45) is 11.7 Å². The predicted octanol–water partition coefficient (Wildman–Crippen LogP) is 1.13. The van der Waals surface area contributed by atoms with Crippen LogP contribution in [0.3, 0.4) is 0 Å². The number of ether oxygens (including phenoxy) is 1. The fourth-order valence-electron chi connectivity index (χ4n) is 2.43. The Morgan fingerprint density at radius 3 is 3.00 bits per heavy atom. The third-order valence-corrected chi connectivity index (χ3v) is 3.75. The molecule has 1 fully saturated rings. The molecule has 98 valence electrons. The Hall–Kier alpha value is -1.26. The highest BCUT2D eigenvalue weighted by Crippen LogP contribution is 2.33. The van der Waals surface area contributed by atoms with Crippen LogP contribution in [0.4, 0.5) is 5.69 Å². The topological polar surface area (TPSA) is 67.5 Å². The van der Waals surface area contributed by atoms with Gasteiger partial charge < -0.3 is 20.9 Å². The van der Waals surface area contributed by atoms with Gasteiger partial charge in [-0.1, -0.05) is 0 Å². The number of aliphatic hydroxyl groups is 1. The van der Waals surface area contributed by atoms with Gasteiger partial charge in [0.25, 0.3) is 0 Å². The van der Waals surface area contributed by atoms with Gasteiger partial charge >= 0.3 is 0 Å². The summed E-state index contributed by atoms with van der Waals surface area (Å²) in [4.78, 5) is 0. The van der Waals surface area contributed by atoms with E-state index in [1.165, 1.54) is 18.4 Å². The molecule has 0 aromatic heterocycles. The number of hydrogen-bond acceptors (Lipinski definition) is 4. The third-order valence-electron chi connectivity index (χ3n) is 3.75. The van der Waals surface area contributed by atoms with Crippen LogP contribution >= 0.6 is 0 Å². The molecule has 1 heterocycles. The fraction of sp³-hybridized carbons (Fsp3) is 0.571. The zero-order valence-corrected chi connectivity index (χ0v) is 10.4. The lowest BCUT2D eigenvalue weighted by Gasteiger charge is -2.12.